The van der Waals surface area contributed by atoms with E-state index in [1.807, 2.05) is 0 Å². The van der Waals surface area contributed by atoms with E-state index in [-0.39, 0.29) is 0 Å². The van der Waals surface area contributed by atoms with Crippen molar-refractivity contribution in [2.75, 3.05) is 32.8 Å². The van der Waals surface area contributed by atoms with Crippen LogP contribution in [-0.2, 0) is 9.53 Å². The van der Waals surface area contributed by atoms with Gasteiger partial charge in [-0.2, -0.15) is 0 Å². The van der Waals surface area contributed by atoms with Crippen molar-refractivity contribution in [2.24, 2.45) is 10.8 Å². The minimum atomic E-state index is -0.635. The number of carboxylic acid groups (broad SMARTS) is 1. The predicted molar refractivity (Wildman–Crippen MR) is 78.8 cm³/mol. The zero-order valence-corrected chi connectivity index (χ0v) is 13.0. The highest BCUT2D eigenvalue weighted by Crippen LogP contribution is 2.42. The maximum Gasteiger partial charge on any atom is 0.311 e. The molecule has 20 heavy (non-hydrogen) atoms. The molecule has 0 aromatic rings. The number of likely N-dealkylation sites (tertiary alicyclic amines) is 1. The van der Waals surface area contributed by atoms with E-state index in [1.165, 1.54) is 25.7 Å². The van der Waals surface area contributed by atoms with Gasteiger partial charge in [0, 0.05) is 32.8 Å². The van der Waals surface area contributed by atoms with Gasteiger partial charge in [0.2, 0.25) is 0 Å². The third kappa shape index (κ3) is 3.17. The standard InChI is InChI=1S/C16H29NO3/c1-3-5-15(6-4-2)11-17(12-15)13-16(14(18)19)7-9-20-10-8-16/h3-13H2,1-2H3,(H,18,19). The smallest absolute Gasteiger partial charge is 0.311 e. The van der Waals surface area contributed by atoms with Gasteiger partial charge in [0.15, 0.2) is 0 Å². The molecule has 4 heteroatoms. The second-order valence-corrected chi connectivity index (χ2v) is 6.84. The molecule has 0 saturated carbocycles. The number of carbonyl (C=O) groups is 1. The maximum absolute atomic E-state index is 11.7. The quantitative estimate of drug-likeness (QED) is 0.780. The lowest BCUT2D eigenvalue weighted by Crippen LogP contribution is -2.60. The molecule has 2 rings (SSSR count). The molecule has 1 N–H and O–H groups in total. The van der Waals surface area contributed by atoms with Gasteiger partial charge >= 0.3 is 5.97 Å². The summed E-state index contributed by atoms with van der Waals surface area (Å²) >= 11 is 0. The van der Waals surface area contributed by atoms with Crippen molar-refractivity contribution in [3.8, 4) is 0 Å². The minimum Gasteiger partial charge on any atom is -0.481 e. The average molecular weight is 283 g/mol. The van der Waals surface area contributed by atoms with E-state index >= 15 is 0 Å². The first kappa shape index (κ1) is 15.8. The van der Waals surface area contributed by atoms with Gasteiger partial charge in [-0.15, -0.1) is 0 Å². The van der Waals surface area contributed by atoms with Crippen LogP contribution in [0.3, 0.4) is 0 Å². The number of carboxylic acids is 1. The molecule has 116 valence electrons. The Morgan fingerprint density at radius 1 is 1.15 bits per heavy atom. The van der Waals surface area contributed by atoms with Gasteiger partial charge in [-0.1, -0.05) is 26.7 Å². The van der Waals surface area contributed by atoms with Crippen molar-refractivity contribution in [2.45, 2.75) is 52.4 Å². The van der Waals surface area contributed by atoms with E-state index in [4.69, 9.17) is 4.74 Å². The Bertz CT molecular complexity index is 323. The van der Waals surface area contributed by atoms with Gasteiger partial charge in [0.1, 0.15) is 0 Å². The summed E-state index contributed by atoms with van der Waals surface area (Å²) in [7, 11) is 0. The fourth-order valence-electron chi connectivity index (χ4n) is 4.15. The number of rotatable bonds is 7. The molecule has 4 nitrogen and oxygen atoms in total. The Labute approximate surface area is 122 Å². The average Bonchev–Trinajstić information content (AvgIpc) is 2.38. The van der Waals surface area contributed by atoms with Gasteiger partial charge in [-0.3, -0.25) is 4.79 Å². The number of hydrogen-bond acceptors (Lipinski definition) is 3. The monoisotopic (exact) mass is 283 g/mol. The molecule has 0 aromatic carbocycles. The van der Waals surface area contributed by atoms with Gasteiger partial charge in [-0.25, -0.2) is 0 Å². The third-order valence-corrected chi connectivity index (χ3v) is 5.11. The molecule has 0 spiro atoms. The SMILES string of the molecule is CCCC1(CCC)CN(CC2(C(=O)O)CCOCC2)C1. The van der Waals surface area contributed by atoms with Crippen LogP contribution in [-0.4, -0.2) is 48.8 Å². The first-order chi connectivity index (χ1) is 9.56. The molecule has 0 amide bonds. The molecule has 0 aromatic heterocycles. The van der Waals surface area contributed by atoms with Crippen molar-refractivity contribution >= 4 is 5.97 Å². The molecule has 2 aliphatic heterocycles. The Kier molecular flexibility index (Phi) is 5.08. The molecule has 0 bridgehead atoms. The van der Waals surface area contributed by atoms with Crippen molar-refractivity contribution < 1.29 is 14.6 Å². The van der Waals surface area contributed by atoms with Crippen LogP contribution in [0.4, 0.5) is 0 Å². The molecular formula is C16H29NO3. The first-order valence-corrected chi connectivity index (χ1v) is 8.09. The van der Waals surface area contributed by atoms with Crippen LogP contribution in [0, 0.1) is 10.8 Å². The van der Waals surface area contributed by atoms with Crippen LogP contribution >= 0.6 is 0 Å². The lowest BCUT2D eigenvalue weighted by Gasteiger charge is -2.53. The molecule has 0 unspecified atom stereocenters. The number of ether oxygens (including phenoxy) is 1. The number of hydrogen-bond donors (Lipinski definition) is 1. The summed E-state index contributed by atoms with van der Waals surface area (Å²) in [4.78, 5) is 14.0. The first-order valence-electron chi connectivity index (χ1n) is 8.09. The predicted octanol–water partition coefficient (Wildman–Crippen LogP) is 2.77. The summed E-state index contributed by atoms with van der Waals surface area (Å²) in [6.07, 6.45) is 6.33. The molecular weight excluding hydrogens is 254 g/mol. The summed E-state index contributed by atoms with van der Waals surface area (Å²) in [6.45, 7) is 8.56. The topological polar surface area (TPSA) is 49.8 Å². The highest BCUT2D eigenvalue weighted by molar-refractivity contribution is 5.75. The van der Waals surface area contributed by atoms with E-state index in [9.17, 15) is 9.90 Å². The number of nitrogens with zero attached hydrogens (tertiary/aromatic N) is 1. The fraction of sp³-hybridized carbons (Fsp3) is 0.938. The summed E-state index contributed by atoms with van der Waals surface area (Å²) in [5, 5.41) is 9.61. The van der Waals surface area contributed by atoms with Gasteiger partial charge < -0.3 is 14.7 Å². The summed E-state index contributed by atoms with van der Waals surface area (Å²) in [6, 6.07) is 0. The van der Waals surface area contributed by atoms with Gasteiger partial charge in [0.25, 0.3) is 0 Å². The zero-order chi connectivity index (χ0) is 14.6. The molecule has 0 radical (unpaired) electrons. The van der Waals surface area contributed by atoms with Crippen LogP contribution < -0.4 is 0 Å². The highest BCUT2D eigenvalue weighted by atomic mass is 16.5. The Balaban J connectivity index is 1.92. The molecule has 2 heterocycles. The Hall–Kier alpha value is -0.610. The lowest BCUT2D eigenvalue weighted by molar-refractivity contribution is -0.160. The van der Waals surface area contributed by atoms with Gasteiger partial charge in [0.05, 0.1) is 5.41 Å². The number of aliphatic carboxylic acids is 1. The second-order valence-electron chi connectivity index (χ2n) is 6.84. The zero-order valence-electron chi connectivity index (χ0n) is 13.0. The second kappa shape index (κ2) is 6.44. The summed E-state index contributed by atoms with van der Waals surface area (Å²) in [5.74, 6) is -0.635. The van der Waals surface area contributed by atoms with Gasteiger partial charge in [-0.05, 0) is 31.1 Å². The van der Waals surface area contributed by atoms with Crippen LogP contribution in [0.1, 0.15) is 52.4 Å². The van der Waals surface area contributed by atoms with Crippen LogP contribution in [0.25, 0.3) is 0 Å². The van der Waals surface area contributed by atoms with Crippen LogP contribution in [0.15, 0.2) is 0 Å². The van der Waals surface area contributed by atoms with E-state index in [0.29, 0.717) is 38.0 Å². The molecule has 2 aliphatic rings. The van der Waals surface area contributed by atoms with E-state index < -0.39 is 11.4 Å². The van der Waals surface area contributed by atoms with E-state index in [0.717, 1.165) is 13.1 Å². The fourth-order valence-corrected chi connectivity index (χ4v) is 4.15. The largest absolute Gasteiger partial charge is 0.481 e. The molecule has 0 aliphatic carbocycles. The Morgan fingerprint density at radius 2 is 1.70 bits per heavy atom. The summed E-state index contributed by atoms with van der Waals surface area (Å²) < 4.78 is 5.34. The lowest BCUT2D eigenvalue weighted by atomic mass is 9.70. The van der Waals surface area contributed by atoms with Crippen molar-refractivity contribution in [3.05, 3.63) is 0 Å². The van der Waals surface area contributed by atoms with E-state index in [2.05, 4.69) is 18.7 Å². The molecule has 0 atom stereocenters. The normalized spacial score (nSPS) is 25.1. The van der Waals surface area contributed by atoms with Crippen LogP contribution in [0.2, 0.25) is 0 Å². The third-order valence-electron chi connectivity index (χ3n) is 5.11. The van der Waals surface area contributed by atoms with Crippen LogP contribution in [0.5, 0.6) is 0 Å². The Morgan fingerprint density at radius 3 is 2.15 bits per heavy atom. The van der Waals surface area contributed by atoms with Crippen molar-refractivity contribution in [1.29, 1.82) is 0 Å². The van der Waals surface area contributed by atoms with Crippen molar-refractivity contribution in [3.63, 3.8) is 0 Å². The van der Waals surface area contributed by atoms with Crippen molar-refractivity contribution in [1.82, 2.24) is 4.90 Å². The summed E-state index contributed by atoms with van der Waals surface area (Å²) in [5.41, 5.74) is -0.100. The highest BCUT2D eigenvalue weighted by Gasteiger charge is 2.47. The maximum atomic E-state index is 11.7. The minimum absolute atomic E-state index is 0.467. The van der Waals surface area contributed by atoms with E-state index in [1.54, 1.807) is 0 Å². The molecule has 2 fully saturated rings. The molecule has 2 saturated heterocycles.